The van der Waals surface area contributed by atoms with E-state index in [1.807, 2.05) is 13.8 Å². The smallest absolute Gasteiger partial charge is 0.376 e. The summed E-state index contributed by atoms with van der Waals surface area (Å²) in [5, 5.41) is 0. The maximum Gasteiger partial charge on any atom is 0.472 e. The lowest BCUT2D eigenvalue weighted by molar-refractivity contribution is -0.161. The molecule has 2 fully saturated rings. The third-order valence-electron chi connectivity index (χ3n) is 2.81. The van der Waals surface area contributed by atoms with Crippen LogP contribution in [0.1, 0.15) is 20.3 Å². The predicted octanol–water partition coefficient (Wildman–Crippen LogP) is 0.581. The number of hydrogen-bond acceptors (Lipinski definition) is 5. The zero-order chi connectivity index (χ0) is 12.7. The van der Waals surface area contributed by atoms with Crippen molar-refractivity contribution in [1.82, 2.24) is 0 Å². The molecule has 96 valence electrons. The van der Waals surface area contributed by atoms with E-state index in [0.29, 0.717) is 6.42 Å². The monoisotopic (exact) mass is 262 g/mol. The highest BCUT2D eigenvalue weighted by Crippen LogP contribution is 2.54. The van der Waals surface area contributed by atoms with E-state index < -0.39 is 25.5 Å². The number of hydrogen-bond donors (Lipinski definition) is 1. The van der Waals surface area contributed by atoms with E-state index >= 15 is 0 Å². The molecule has 6 nitrogen and oxygen atoms in total. The Morgan fingerprint density at radius 2 is 2.35 bits per heavy atom. The molecule has 2 saturated heterocycles. The lowest BCUT2D eigenvalue weighted by atomic mass is 9.93. The Hall–Kier alpha value is 0.0949. The van der Waals surface area contributed by atoms with E-state index in [0.717, 1.165) is 0 Å². The minimum atomic E-state index is -3.96. The molecular weight excluding hydrogens is 246 g/mol. The van der Waals surface area contributed by atoms with Gasteiger partial charge in [0.1, 0.15) is 19.6 Å². The molecule has 1 N–H and O–H groups in total. The molecule has 2 aliphatic heterocycles. The van der Waals surface area contributed by atoms with Gasteiger partial charge in [0.2, 0.25) is 0 Å². The summed E-state index contributed by atoms with van der Waals surface area (Å²) in [7, 11) is 1.73. The highest BCUT2D eigenvalue weighted by Gasteiger charge is 2.55. The normalized spacial score (nSPS) is 46.1. The van der Waals surface area contributed by atoms with Crippen molar-refractivity contribution in [3.63, 3.8) is 0 Å². The summed E-state index contributed by atoms with van der Waals surface area (Å²) in [4.78, 5) is 9.27. The van der Waals surface area contributed by atoms with Gasteiger partial charge in [-0.3, -0.25) is 9.05 Å². The van der Waals surface area contributed by atoms with Gasteiger partial charge in [-0.25, -0.2) is 4.57 Å². The van der Waals surface area contributed by atoms with Crippen molar-refractivity contribution in [2.45, 2.75) is 44.1 Å². The summed E-state index contributed by atoms with van der Waals surface area (Å²) in [6, 6.07) is -0.530. The standard InChI is InChI=1S/C9H16BO6P/c1-6(2)13-4-9-5-14-17(11,12)16-7(9)3-8(10)15-9/h6-8H,3-5H2,1-2H3,(H,11,12)/t7-,8-,9+/m1/s1. The minimum Gasteiger partial charge on any atom is -0.376 e. The van der Waals surface area contributed by atoms with Crippen LogP contribution < -0.4 is 0 Å². The SMILES string of the molecule is [B][C@H]1C[C@H]2OP(=O)(O)OC[C@]2(COC(C)C)O1. The fraction of sp³-hybridized carbons (Fsp3) is 1.00. The average molecular weight is 262 g/mol. The van der Waals surface area contributed by atoms with Crippen LogP contribution in [0, 0.1) is 0 Å². The first-order chi connectivity index (χ1) is 7.83. The van der Waals surface area contributed by atoms with Crippen molar-refractivity contribution in [3.05, 3.63) is 0 Å². The van der Waals surface area contributed by atoms with E-state index in [1.165, 1.54) is 0 Å². The topological polar surface area (TPSA) is 74.2 Å². The largest absolute Gasteiger partial charge is 0.472 e. The Kier molecular flexibility index (Phi) is 3.70. The second-order valence-electron chi connectivity index (χ2n) is 4.65. The Bertz CT molecular complexity index is 337. The Balaban J connectivity index is 2.10. The molecule has 1 unspecified atom stereocenters. The van der Waals surface area contributed by atoms with Crippen LogP contribution in [0.15, 0.2) is 0 Å². The van der Waals surface area contributed by atoms with E-state index in [2.05, 4.69) is 0 Å². The third kappa shape index (κ3) is 2.92. The van der Waals surface area contributed by atoms with Gasteiger partial charge in [-0.2, -0.15) is 0 Å². The zero-order valence-electron chi connectivity index (χ0n) is 9.87. The molecule has 0 aromatic rings. The van der Waals surface area contributed by atoms with Crippen LogP contribution >= 0.6 is 7.82 Å². The molecule has 0 aromatic carbocycles. The van der Waals surface area contributed by atoms with Crippen LogP contribution in [0.4, 0.5) is 0 Å². The van der Waals surface area contributed by atoms with Gasteiger partial charge in [0, 0.05) is 6.00 Å². The van der Waals surface area contributed by atoms with Crippen molar-refractivity contribution in [2.24, 2.45) is 0 Å². The van der Waals surface area contributed by atoms with Crippen LogP contribution in [-0.2, 0) is 23.1 Å². The van der Waals surface area contributed by atoms with Crippen molar-refractivity contribution in [2.75, 3.05) is 13.2 Å². The van der Waals surface area contributed by atoms with Gasteiger partial charge in [-0.05, 0) is 20.3 Å². The van der Waals surface area contributed by atoms with Gasteiger partial charge in [0.05, 0.1) is 19.3 Å². The number of phosphoric ester groups is 1. The molecule has 2 radical (unpaired) electrons. The fourth-order valence-electron chi connectivity index (χ4n) is 1.98. The van der Waals surface area contributed by atoms with Crippen molar-refractivity contribution < 1.29 is 28.0 Å². The first-order valence-electron chi connectivity index (χ1n) is 5.54. The van der Waals surface area contributed by atoms with Crippen LogP contribution in [0.2, 0.25) is 0 Å². The average Bonchev–Trinajstić information content (AvgIpc) is 2.50. The summed E-state index contributed by atoms with van der Waals surface area (Å²) in [5.74, 6) is 0. The van der Waals surface area contributed by atoms with Crippen molar-refractivity contribution >= 4 is 15.7 Å². The van der Waals surface area contributed by atoms with E-state index in [4.69, 9.17) is 26.4 Å². The molecule has 0 saturated carbocycles. The van der Waals surface area contributed by atoms with E-state index in [-0.39, 0.29) is 19.3 Å². The summed E-state index contributed by atoms with van der Waals surface area (Å²) < 4.78 is 32.2. The van der Waals surface area contributed by atoms with Crippen molar-refractivity contribution in [3.8, 4) is 0 Å². The van der Waals surface area contributed by atoms with Gasteiger partial charge < -0.3 is 14.4 Å². The maximum absolute atomic E-state index is 11.3. The Morgan fingerprint density at radius 1 is 1.65 bits per heavy atom. The molecule has 0 aliphatic carbocycles. The van der Waals surface area contributed by atoms with Crippen LogP contribution in [0.3, 0.4) is 0 Å². The van der Waals surface area contributed by atoms with Crippen LogP contribution in [0.5, 0.6) is 0 Å². The van der Waals surface area contributed by atoms with Gasteiger partial charge in [-0.15, -0.1) is 0 Å². The second-order valence-corrected chi connectivity index (χ2v) is 6.06. The molecule has 2 heterocycles. The maximum atomic E-state index is 11.3. The molecule has 2 aliphatic rings. The van der Waals surface area contributed by atoms with Gasteiger partial charge in [-0.1, -0.05) is 0 Å². The third-order valence-corrected chi connectivity index (χ3v) is 3.79. The second kappa shape index (κ2) is 4.65. The van der Waals surface area contributed by atoms with Gasteiger partial charge >= 0.3 is 7.82 Å². The highest BCUT2D eigenvalue weighted by atomic mass is 31.2. The van der Waals surface area contributed by atoms with Gasteiger partial charge in [0.25, 0.3) is 0 Å². The summed E-state index contributed by atoms with van der Waals surface area (Å²) in [6.07, 6.45) is -0.191. The molecule has 0 aromatic heterocycles. The summed E-state index contributed by atoms with van der Waals surface area (Å²) >= 11 is 0. The molecule has 0 amide bonds. The molecule has 17 heavy (non-hydrogen) atoms. The summed E-state index contributed by atoms with van der Waals surface area (Å²) in [6.45, 7) is 3.96. The molecule has 4 atom stereocenters. The number of fused-ring (bicyclic) bond motifs is 1. The first kappa shape index (κ1) is 13.5. The lowest BCUT2D eigenvalue weighted by Crippen LogP contribution is -2.52. The number of rotatable bonds is 3. The fourth-order valence-corrected chi connectivity index (χ4v) is 3.02. The van der Waals surface area contributed by atoms with Crippen molar-refractivity contribution in [1.29, 1.82) is 0 Å². The quantitative estimate of drug-likeness (QED) is 0.592. The summed E-state index contributed by atoms with van der Waals surface area (Å²) in [5.41, 5.74) is -0.875. The predicted molar refractivity (Wildman–Crippen MR) is 59.7 cm³/mol. The Morgan fingerprint density at radius 3 is 3.00 bits per heavy atom. The molecule has 0 spiro atoms. The van der Waals surface area contributed by atoms with E-state index in [1.54, 1.807) is 0 Å². The molecule has 8 heteroatoms. The molecule has 0 bridgehead atoms. The van der Waals surface area contributed by atoms with Gasteiger partial charge in [0.15, 0.2) is 0 Å². The molecular formula is C9H16BO6P. The zero-order valence-corrected chi connectivity index (χ0v) is 10.8. The Labute approximate surface area is 102 Å². The molecule has 2 rings (SSSR count). The minimum absolute atomic E-state index is 0.0216. The highest BCUT2D eigenvalue weighted by molar-refractivity contribution is 7.47. The van der Waals surface area contributed by atoms with Crippen LogP contribution in [0.25, 0.3) is 0 Å². The van der Waals surface area contributed by atoms with E-state index in [9.17, 15) is 9.46 Å². The first-order valence-corrected chi connectivity index (χ1v) is 7.03. The lowest BCUT2D eigenvalue weighted by Gasteiger charge is -2.38. The van der Waals surface area contributed by atoms with Crippen LogP contribution in [-0.4, -0.2) is 49.8 Å². The number of phosphoric acid groups is 1. The number of ether oxygens (including phenoxy) is 2.